The maximum absolute atomic E-state index is 12.6. The first kappa shape index (κ1) is 10.3. The van der Waals surface area contributed by atoms with Crippen molar-refractivity contribution in [2.75, 3.05) is 0 Å². The number of aromatic nitrogens is 2. The van der Waals surface area contributed by atoms with Crippen molar-refractivity contribution in [3.05, 3.63) is 47.8 Å². The van der Waals surface area contributed by atoms with Gasteiger partial charge < -0.3 is 0 Å². The molecule has 0 atom stereocenters. The highest BCUT2D eigenvalue weighted by Crippen LogP contribution is 2.22. The van der Waals surface area contributed by atoms with Gasteiger partial charge in [0.1, 0.15) is 0 Å². The van der Waals surface area contributed by atoms with Crippen molar-refractivity contribution < 1.29 is 8.78 Å². The maximum Gasteiger partial charge on any atom is 0.263 e. The number of nitrogens with zero attached hydrogens (tertiary/aromatic N) is 3. The zero-order valence-corrected chi connectivity index (χ0v) is 8.14. The molecule has 0 aliphatic heterocycles. The molecule has 1 aromatic carbocycles. The van der Waals surface area contributed by atoms with E-state index in [0.717, 1.165) is 0 Å². The van der Waals surface area contributed by atoms with E-state index >= 15 is 0 Å². The predicted molar refractivity (Wildman–Crippen MR) is 53.2 cm³/mol. The fraction of sp³-hybridized carbons (Fsp3) is 0.0909. The van der Waals surface area contributed by atoms with Crippen molar-refractivity contribution in [1.29, 1.82) is 5.26 Å². The highest BCUT2D eigenvalue weighted by molar-refractivity contribution is 5.44. The fourth-order valence-corrected chi connectivity index (χ4v) is 1.38. The largest absolute Gasteiger partial charge is 0.263 e. The second-order valence-corrected chi connectivity index (χ2v) is 3.18. The van der Waals surface area contributed by atoms with Gasteiger partial charge in [0.15, 0.2) is 0 Å². The zero-order chi connectivity index (χ0) is 11.5. The number of nitriles is 1. The summed E-state index contributed by atoms with van der Waals surface area (Å²) in [5.74, 6) is 0. The molecule has 0 aliphatic carbocycles. The lowest BCUT2D eigenvalue weighted by Crippen LogP contribution is -1.97. The van der Waals surface area contributed by atoms with Crippen LogP contribution in [0.1, 0.15) is 17.6 Å². The van der Waals surface area contributed by atoms with Gasteiger partial charge in [0.2, 0.25) is 0 Å². The van der Waals surface area contributed by atoms with Crippen molar-refractivity contribution in [3.63, 3.8) is 0 Å². The van der Waals surface area contributed by atoms with Crippen LogP contribution >= 0.6 is 0 Å². The first-order chi connectivity index (χ1) is 7.70. The minimum absolute atomic E-state index is 0.176. The predicted octanol–water partition coefficient (Wildman–Crippen LogP) is 2.68. The summed E-state index contributed by atoms with van der Waals surface area (Å²) >= 11 is 0. The van der Waals surface area contributed by atoms with Crippen LogP contribution in [0.3, 0.4) is 0 Å². The van der Waals surface area contributed by atoms with Gasteiger partial charge in [-0.15, -0.1) is 0 Å². The van der Waals surface area contributed by atoms with E-state index < -0.39 is 6.43 Å². The molecule has 16 heavy (non-hydrogen) atoms. The Morgan fingerprint density at radius 1 is 1.31 bits per heavy atom. The van der Waals surface area contributed by atoms with Gasteiger partial charge in [-0.25, -0.2) is 13.5 Å². The van der Waals surface area contributed by atoms with Crippen LogP contribution in [0.15, 0.2) is 36.7 Å². The molecule has 5 heteroatoms. The van der Waals surface area contributed by atoms with Crippen molar-refractivity contribution in [2.45, 2.75) is 6.43 Å². The molecule has 0 unspecified atom stereocenters. The molecule has 2 aromatic rings. The second kappa shape index (κ2) is 4.11. The van der Waals surface area contributed by atoms with Gasteiger partial charge in [-0.05, 0) is 24.3 Å². The van der Waals surface area contributed by atoms with Crippen molar-refractivity contribution in [3.8, 4) is 11.8 Å². The molecule has 0 amide bonds. The van der Waals surface area contributed by atoms with Gasteiger partial charge in [0.05, 0.1) is 17.3 Å². The standard InChI is InChI=1S/C11H7F2N3/c12-11(13)9-4-8(7-14)5-10(6-9)16-3-1-2-15-16/h1-6,11H. The van der Waals surface area contributed by atoms with Crippen LogP contribution in [-0.2, 0) is 0 Å². The van der Waals surface area contributed by atoms with E-state index in [-0.39, 0.29) is 11.1 Å². The summed E-state index contributed by atoms with van der Waals surface area (Å²) in [5.41, 5.74) is 0.479. The number of alkyl halides is 2. The van der Waals surface area contributed by atoms with Crippen LogP contribution in [0.25, 0.3) is 5.69 Å². The molecule has 80 valence electrons. The van der Waals surface area contributed by atoms with E-state index in [4.69, 9.17) is 5.26 Å². The first-order valence-electron chi connectivity index (χ1n) is 4.54. The lowest BCUT2D eigenvalue weighted by atomic mass is 10.1. The van der Waals surface area contributed by atoms with E-state index in [1.165, 1.54) is 22.9 Å². The highest BCUT2D eigenvalue weighted by Gasteiger charge is 2.10. The van der Waals surface area contributed by atoms with E-state index in [2.05, 4.69) is 5.10 Å². The summed E-state index contributed by atoms with van der Waals surface area (Å²) in [6.07, 6.45) is 0.579. The SMILES string of the molecule is N#Cc1cc(C(F)F)cc(-n2cccn2)c1. The fourth-order valence-electron chi connectivity index (χ4n) is 1.38. The van der Waals surface area contributed by atoms with Crippen LogP contribution in [0, 0.1) is 11.3 Å². The average Bonchev–Trinajstić information content (AvgIpc) is 2.81. The molecule has 1 aromatic heterocycles. The van der Waals surface area contributed by atoms with E-state index in [1.807, 2.05) is 6.07 Å². The number of benzene rings is 1. The third-order valence-corrected chi connectivity index (χ3v) is 2.09. The van der Waals surface area contributed by atoms with Gasteiger partial charge in [0, 0.05) is 18.0 Å². The van der Waals surface area contributed by atoms with Gasteiger partial charge in [0.25, 0.3) is 6.43 Å². The highest BCUT2D eigenvalue weighted by atomic mass is 19.3. The van der Waals surface area contributed by atoms with E-state index in [0.29, 0.717) is 5.69 Å². The van der Waals surface area contributed by atoms with E-state index in [9.17, 15) is 8.78 Å². The minimum atomic E-state index is -2.59. The maximum atomic E-state index is 12.6. The van der Waals surface area contributed by atoms with Crippen LogP contribution in [0.4, 0.5) is 8.78 Å². The Hall–Kier alpha value is -2.22. The zero-order valence-electron chi connectivity index (χ0n) is 8.14. The molecule has 0 radical (unpaired) electrons. The lowest BCUT2D eigenvalue weighted by molar-refractivity contribution is 0.151. The van der Waals surface area contributed by atoms with Crippen LogP contribution < -0.4 is 0 Å². The molecule has 0 saturated carbocycles. The van der Waals surface area contributed by atoms with E-state index in [1.54, 1.807) is 18.5 Å². The summed E-state index contributed by atoms with van der Waals surface area (Å²) < 4.78 is 26.6. The molecule has 0 saturated heterocycles. The van der Waals surface area contributed by atoms with Crippen molar-refractivity contribution >= 4 is 0 Å². The molecule has 0 aliphatic rings. The molecule has 0 spiro atoms. The monoisotopic (exact) mass is 219 g/mol. The van der Waals surface area contributed by atoms with Crippen molar-refractivity contribution in [2.24, 2.45) is 0 Å². The molecule has 0 bridgehead atoms. The Bertz CT molecular complexity index is 527. The number of halogens is 2. The Morgan fingerprint density at radius 2 is 2.12 bits per heavy atom. The topological polar surface area (TPSA) is 41.6 Å². The van der Waals surface area contributed by atoms with Crippen molar-refractivity contribution in [1.82, 2.24) is 9.78 Å². The number of hydrogen-bond donors (Lipinski definition) is 0. The Kier molecular flexibility index (Phi) is 2.64. The van der Waals surface area contributed by atoms with Gasteiger partial charge in [-0.2, -0.15) is 10.4 Å². The molecule has 3 nitrogen and oxygen atoms in total. The molecular weight excluding hydrogens is 212 g/mol. The smallest absolute Gasteiger partial charge is 0.241 e. The first-order valence-corrected chi connectivity index (χ1v) is 4.54. The molecular formula is C11H7F2N3. The Morgan fingerprint density at radius 3 is 2.69 bits per heavy atom. The summed E-state index contributed by atoms with van der Waals surface area (Å²) in [6, 6.07) is 7.54. The third kappa shape index (κ3) is 1.91. The van der Waals surface area contributed by atoms with Gasteiger partial charge in [-0.1, -0.05) is 0 Å². The molecule has 1 heterocycles. The van der Waals surface area contributed by atoms with Crippen LogP contribution in [0.5, 0.6) is 0 Å². The van der Waals surface area contributed by atoms with Gasteiger partial charge in [-0.3, -0.25) is 0 Å². The number of hydrogen-bond acceptors (Lipinski definition) is 2. The Labute approximate surface area is 90.5 Å². The van der Waals surface area contributed by atoms with Crippen LogP contribution in [-0.4, -0.2) is 9.78 Å². The summed E-state index contributed by atoms with van der Waals surface area (Å²) in [6.45, 7) is 0. The van der Waals surface area contributed by atoms with Crippen LogP contribution in [0.2, 0.25) is 0 Å². The Balaban J connectivity index is 2.55. The lowest BCUT2D eigenvalue weighted by Gasteiger charge is -2.05. The minimum Gasteiger partial charge on any atom is -0.241 e. The molecule has 0 fully saturated rings. The molecule has 0 N–H and O–H groups in total. The number of rotatable bonds is 2. The molecule has 2 rings (SSSR count). The second-order valence-electron chi connectivity index (χ2n) is 3.18. The van der Waals surface area contributed by atoms with Gasteiger partial charge >= 0.3 is 0 Å². The quantitative estimate of drug-likeness (QED) is 0.779. The average molecular weight is 219 g/mol. The normalized spacial score (nSPS) is 10.4. The third-order valence-electron chi connectivity index (χ3n) is 2.09. The summed E-state index contributed by atoms with van der Waals surface area (Å²) in [4.78, 5) is 0. The summed E-state index contributed by atoms with van der Waals surface area (Å²) in [7, 11) is 0. The summed E-state index contributed by atoms with van der Waals surface area (Å²) in [5, 5.41) is 12.7.